The van der Waals surface area contributed by atoms with Gasteiger partial charge in [-0.15, -0.1) is 11.3 Å². The number of anilines is 1. The number of aryl methyl sites for hydroxylation is 4. The van der Waals surface area contributed by atoms with Gasteiger partial charge in [-0.3, -0.25) is 9.69 Å². The number of furan rings is 1. The van der Waals surface area contributed by atoms with Crippen LogP contribution in [-0.4, -0.2) is 27.7 Å². The van der Waals surface area contributed by atoms with E-state index in [0.29, 0.717) is 10.7 Å². The molecule has 29 heavy (non-hydrogen) atoms. The minimum Gasteiger partial charge on any atom is -0.469 e. The van der Waals surface area contributed by atoms with Gasteiger partial charge in [0.2, 0.25) is 0 Å². The largest absolute Gasteiger partial charge is 0.469 e. The van der Waals surface area contributed by atoms with Crippen molar-refractivity contribution in [2.45, 2.75) is 26.7 Å². The molecule has 0 unspecified atom stereocenters. The number of nitrogens with zero attached hydrogens (tertiary/aromatic N) is 4. The van der Waals surface area contributed by atoms with Gasteiger partial charge in [-0.1, -0.05) is 0 Å². The Morgan fingerprint density at radius 3 is 2.69 bits per heavy atom. The summed E-state index contributed by atoms with van der Waals surface area (Å²) in [6.45, 7) is 3.99. The maximum atomic E-state index is 13.0. The number of hydrogen-bond donors (Lipinski definition) is 0. The van der Waals surface area contributed by atoms with E-state index < -0.39 is 0 Å². The van der Waals surface area contributed by atoms with Crippen LogP contribution in [0.4, 0.5) is 5.13 Å². The van der Waals surface area contributed by atoms with Gasteiger partial charge in [0.05, 0.1) is 23.3 Å². The molecular formula is C22H20N4O2S. The first-order valence-corrected chi connectivity index (χ1v) is 10.3. The molecule has 6 nitrogen and oxygen atoms in total. The number of carbonyl (C=O) groups excluding carboxylic acids is 1. The summed E-state index contributed by atoms with van der Waals surface area (Å²) in [6, 6.07) is 11.5. The lowest BCUT2D eigenvalue weighted by atomic mass is 10.0. The van der Waals surface area contributed by atoms with E-state index in [-0.39, 0.29) is 5.91 Å². The minimum atomic E-state index is -0.0802. The van der Waals surface area contributed by atoms with E-state index in [0.717, 1.165) is 46.9 Å². The fraction of sp³-hybridized carbons (Fsp3) is 0.227. The Morgan fingerprint density at radius 1 is 1.17 bits per heavy atom. The van der Waals surface area contributed by atoms with Crippen molar-refractivity contribution in [2.75, 3.05) is 11.9 Å². The number of thiazole rings is 1. The van der Waals surface area contributed by atoms with Gasteiger partial charge in [0.1, 0.15) is 5.76 Å². The third kappa shape index (κ3) is 2.98. The number of hydrogen-bond acceptors (Lipinski definition) is 5. The summed E-state index contributed by atoms with van der Waals surface area (Å²) in [7, 11) is 1.78. The van der Waals surface area contributed by atoms with Crippen molar-refractivity contribution >= 4 is 22.4 Å². The monoisotopic (exact) mass is 404 g/mol. The molecule has 146 valence electrons. The Kier molecular flexibility index (Phi) is 4.13. The van der Waals surface area contributed by atoms with Gasteiger partial charge in [0, 0.05) is 35.2 Å². The van der Waals surface area contributed by atoms with E-state index in [1.165, 1.54) is 4.88 Å². The van der Waals surface area contributed by atoms with Crippen LogP contribution in [0.1, 0.15) is 32.4 Å². The molecule has 0 fully saturated rings. The van der Waals surface area contributed by atoms with Crippen molar-refractivity contribution in [3.63, 3.8) is 0 Å². The van der Waals surface area contributed by atoms with Crippen molar-refractivity contribution in [3.05, 3.63) is 70.3 Å². The van der Waals surface area contributed by atoms with E-state index in [2.05, 4.69) is 5.10 Å². The van der Waals surface area contributed by atoms with Crippen LogP contribution in [0.5, 0.6) is 0 Å². The molecular weight excluding hydrogens is 384 g/mol. The third-order valence-corrected chi connectivity index (χ3v) is 6.42. The van der Waals surface area contributed by atoms with E-state index in [9.17, 15) is 4.79 Å². The summed E-state index contributed by atoms with van der Waals surface area (Å²) in [5.41, 5.74) is 5.58. The van der Waals surface area contributed by atoms with Crippen LogP contribution >= 0.6 is 11.3 Å². The maximum Gasteiger partial charge on any atom is 0.259 e. The van der Waals surface area contributed by atoms with E-state index >= 15 is 0 Å². The molecule has 0 saturated heterocycles. The molecule has 0 N–H and O–H groups in total. The summed E-state index contributed by atoms with van der Waals surface area (Å²) in [4.78, 5) is 20.6. The zero-order chi connectivity index (χ0) is 20.1. The highest BCUT2D eigenvalue weighted by Crippen LogP contribution is 2.39. The average molecular weight is 404 g/mol. The molecule has 0 atom stereocenters. The van der Waals surface area contributed by atoms with Crippen LogP contribution in [0, 0.1) is 13.8 Å². The lowest BCUT2D eigenvalue weighted by Gasteiger charge is -2.14. The summed E-state index contributed by atoms with van der Waals surface area (Å²) in [5.74, 6) is 0.895. The summed E-state index contributed by atoms with van der Waals surface area (Å²) in [5, 5.41) is 5.20. The Bertz CT molecular complexity index is 1220. The fourth-order valence-corrected chi connectivity index (χ4v) is 4.78. The van der Waals surface area contributed by atoms with E-state index in [1.54, 1.807) is 29.5 Å². The highest BCUT2D eigenvalue weighted by Gasteiger charge is 2.26. The average Bonchev–Trinajstić information content (AvgIpc) is 3.43. The molecule has 0 radical (unpaired) electrons. The zero-order valence-electron chi connectivity index (χ0n) is 16.5. The van der Waals surface area contributed by atoms with Crippen molar-refractivity contribution in [3.8, 4) is 16.9 Å². The van der Waals surface area contributed by atoms with Crippen LogP contribution in [0.15, 0.2) is 47.1 Å². The molecule has 0 aliphatic heterocycles. The van der Waals surface area contributed by atoms with Gasteiger partial charge in [0.25, 0.3) is 5.91 Å². The zero-order valence-corrected chi connectivity index (χ0v) is 17.3. The van der Waals surface area contributed by atoms with Crippen molar-refractivity contribution in [1.82, 2.24) is 14.8 Å². The van der Waals surface area contributed by atoms with Gasteiger partial charge in [-0.05, 0) is 56.7 Å². The Hall–Kier alpha value is -3.19. The smallest absolute Gasteiger partial charge is 0.259 e. The Labute approximate surface area is 172 Å². The number of carbonyl (C=O) groups is 1. The molecule has 0 spiro atoms. The first-order valence-electron chi connectivity index (χ1n) is 9.49. The maximum absolute atomic E-state index is 13.0. The summed E-state index contributed by atoms with van der Waals surface area (Å²) < 4.78 is 7.41. The molecule has 7 heteroatoms. The topological polar surface area (TPSA) is 64.2 Å². The standard InChI is InChI=1S/C22H20N4O2S/c1-13-12-14(2)26(24-13)16-6-4-15(5-7-16)21(27)25(3)22-23-20-17-10-11-28-18(17)8-9-19(20)29-22/h4-7,10-12H,8-9H2,1-3H3. The predicted octanol–water partition coefficient (Wildman–Crippen LogP) is 4.58. The third-order valence-electron chi connectivity index (χ3n) is 5.23. The van der Waals surface area contributed by atoms with Crippen LogP contribution in [0.25, 0.3) is 16.9 Å². The molecule has 1 aliphatic rings. The number of rotatable bonds is 3. The lowest BCUT2D eigenvalue weighted by Crippen LogP contribution is -2.26. The summed E-state index contributed by atoms with van der Waals surface area (Å²) in [6.07, 6.45) is 3.48. The van der Waals surface area contributed by atoms with E-state index in [1.807, 2.05) is 54.9 Å². The minimum absolute atomic E-state index is 0.0802. The molecule has 1 aliphatic carbocycles. The fourth-order valence-electron chi connectivity index (χ4n) is 3.75. The van der Waals surface area contributed by atoms with Gasteiger partial charge < -0.3 is 4.42 Å². The van der Waals surface area contributed by atoms with Crippen molar-refractivity contribution in [2.24, 2.45) is 0 Å². The highest BCUT2D eigenvalue weighted by atomic mass is 32.1. The van der Waals surface area contributed by atoms with Crippen LogP contribution < -0.4 is 4.90 Å². The lowest BCUT2D eigenvalue weighted by molar-refractivity contribution is 0.0993. The van der Waals surface area contributed by atoms with Gasteiger partial charge in [-0.25, -0.2) is 9.67 Å². The summed E-state index contributed by atoms with van der Waals surface area (Å²) >= 11 is 1.58. The molecule has 0 bridgehead atoms. The second-order valence-electron chi connectivity index (χ2n) is 7.28. The number of amides is 1. The second-order valence-corrected chi connectivity index (χ2v) is 8.34. The molecule has 0 saturated carbocycles. The highest BCUT2D eigenvalue weighted by molar-refractivity contribution is 7.16. The molecule has 3 aromatic heterocycles. The van der Waals surface area contributed by atoms with Crippen LogP contribution in [0.3, 0.4) is 0 Å². The predicted molar refractivity (Wildman–Crippen MR) is 113 cm³/mol. The first kappa shape index (κ1) is 17.9. The molecule has 1 aromatic carbocycles. The molecule has 3 heterocycles. The quantitative estimate of drug-likeness (QED) is 0.501. The van der Waals surface area contributed by atoms with Gasteiger partial charge in [0.15, 0.2) is 5.13 Å². The Balaban J connectivity index is 1.41. The van der Waals surface area contributed by atoms with Crippen LogP contribution in [-0.2, 0) is 12.8 Å². The SMILES string of the molecule is Cc1cc(C)n(-c2ccc(C(=O)N(C)c3nc4c(s3)CCc3occc3-4)cc2)n1. The van der Waals surface area contributed by atoms with Gasteiger partial charge >= 0.3 is 0 Å². The van der Waals surface area contributed by atoms with Gasteiger partial charge in [-0.2, -0.15) is 5.10 Å². The first-order chi connectivity index (χ1) is 14.0. The molecule has 1 amide bonds. The number of fused-ring (bicyclic) bond motifs is 3. The number of aromatic nitrogens is 3. The van der Waals surface area contributed by atoms with Crippen molar-refractivity contribution < 1.29 is 9.21 Å². The number of benzene rings is 1. The van der Waals surface area contributed by atoms with Crippen molar-refractivity contribution in [1.29, 1.82) is 0 Å². The molecule has 4 aromatic rings. The van der Waals surface area contributed by atoms with E-state index in [4.69, 9.17) is 9.40 Å². The Morgan fingerprint density at radius 2 is 1.97 bits per heavy atom. The normalized spacial score (nSPS) is 12.5. The second kappa shape index (κ2) is 6.70. The van der Waals surface area contributed by atoms with Crippen LogP contribution in [0.2, 0.25) is 0 Å². The molecule has 5 rings (SSSR count).